The summed E-state index contributed by atoms with van der Waals surface area (Å²) < 4.78 is 22.8. The predicted molar refractivity (Wildman–Crippen MR) is 99.5 cm³/mol. The maximum Gasteiger partial charge on any atom is 0.308 e. The third-order valence-electron chi connectivity index (χ3n) is 4.33. The van der Waals surface area contributed by atoms with Gasteiger partial charge in [-0.1, -0.05) is 36.4 Å². The van der Waals surface area contributed by atoms with Gasteiger partial charge in [0, 0.05) is 12.8 Å². The Kier molecular flexibility index (Phi) is 7.82. The van der Waals surface area contributed by atoms with E-state index in [1.807, 2.05) is 50.3 Å². The van der Waals surface area contributed by atoms with Crippen molar-refractivity contribution < 1.29 is 23.7 Å². The second-order valence-corrected chi connectivity index (χ2v) is 7.07. The highest BCUT2D eigenvalue weighted by molar-refractivity contribution is 5.69. The van der Waals surface area contributed by atoms with E-state index in [4.69, 9.17) is 18.9 Å². The van der Waals surface area contributed by atoms with Crippen molar-refractivity contribution in [1.29, 1.82) is 0 Å². The third-order valence-corrected chi connectivity index (χ3v) is 4.33. The zero-order valence-corrected chi connectivity index (χ0v) is 16.0. The number of carbonyl (C=O) groups excluding carboxylic acids is 1. The highest BCUT2D eigenvalue weighted by atomic mass is 16.7. The molecule has 1 aliphatic rings. The van der Waals surface area contributed by atoms with E-state index in [2.05, 4.69) is 6.58 Å². The Labute approximate surface area is 156 Å². The van der Waals surface area contributed by atoms with Gasteiger partial charge in [-0.25, -0.2) is 0 Å². The Bertz CT molecular complexity index is 569. The van der Waals surface area contributed by atoms with Gasteiger partial charge in [0.2, 0.25) is 0 Å². The van der Waals surface area contributed by atoms with Gasteiger partial charge in [0.25, 0.3) is 0 Å². The molecule has 2 rings (SSSR count). The summed E-state index contributed by atoms with van der Waals surface area (Å²) in [6.45, 7) is 8.13. The molecule has 3 atom stereocenters. The first-order valence-electron chi connectivity index (χ1n) is 9.10. The minimum absolute atomic E-state index is 0.00498. The van der Waals surface area contributed by atoms with E-state index in [9.17, 15) is 4.79 Å². The van der Waals surface area contributed by atoms with E-state index in [0.717, 1.165) is 18.4 Å². The van der Waals surface area contributed by atoms with E-state index in [0.29, 0.717) is 13.0 Å². The maximum absolute atomic E-state index is 11.6. The molecule has 1 aliphatic heterocycles. The van der Waals surface area contributed by atoms with Crippen molar-refractivity contribution in [3.05, 3.63) is 48.6 Å². The van der Waals surface area contributed by atoms with Crippen LogP contribution in [0.25, 0.3) is 0 Å². The minimum Gasteiger partial charge on any atom is -0.469 e. The first-order chi connectivity index (χ1) is 12.4. The molecule has 0 radical (unpaired) electrons. The van der Waals surface area contributed by atoms with Crippen LogP contribution in [0, 0.1) is 0 Å². The molecule has 1 aromatic carbocycles. The molecule has 5 heteroatoms. The largest absolute Gasteiger partial charge is 0.469 e. The summed E-state index contributed by atoms with van der Waals surface area (Å²) in [5, 5.41) is 0. The highest BCUT2D eigenvalue weighted by Gasteiger charge is 2.37. The molecule has 0 unspecified atom stereocenters. The van der Waals surface area contributed by atoms with Gasteiger partial charge in [-0.15, -0.1) is 6.58 Å². The number of benzene rings is 1. The Morgan fingerprint density at radius 1 is 1.31 bits per heavy atom. The lowest BCUT2D eigenvalue weighted by atomic mass is 9.99. The van der Waals surface area contributed by atoms with Crippen molar-refractivity contribution in [2.75, 3.05) is 7.11 Å². The molecule has 1 saturated heterocycles. The van der Waals surface area contributed by atoms with Crippen molar-refractivity contribution in [2.45, 2.75) is 70.2 Å². The van der Waals surface area contributed by atoms with Crippen LogP contribution in [0.15, 0.2) is 43.0 Å². The number of hydrogen-bond acceptors (Lipinski definition) is 5. The van der Waals surface area contributed by atoms with Gasteiger partial charge < -0.3 is 18.9 Å². The van der Waals surface area contributed by atoms with E-state index >= 15 is 0 Å². The average molecular weight is 362 g/mol. The molecule has 5 nitrogen and oxygen atoms in total. The quantitative estimate of drug-likeness (QED) is 0.491. The van der Waals surface area contributed by atoms with Crippen LogP contribution in [0.3, 0.4) is 0 Å². The van der Waals surface area contributed by atoms with Crippen LogP contribution < -0.4 is 0 Å². The van der Waals surface area contributed by atoms with Crippen molar-refractivity contribution in [1.82, 2.24) is 0 Å². The highest BCUT2D eigenvalue weighted by Crippen LogP contribution is 2.31. The van der Waals surface area contributed by atoms with Crippen molar-refractivity contribution >= 4 is 5.97 Å². The molecule has 0 spiro atoms. The van der Waals surface area contributed by atoms with Crippen LogP contribution in [0.1, 0.15) is 45.1 Å². The Hall–Kier alpha value is -1.69. The fourth-order valence-corrected chi connectivity index (χ4v) is 3.26. The van der Waals surface area contributed by atoms with Gasteiger partial charge in [0.05, 0.1) is 38.4 Å². The van der Waals surface area contributed by atoms with E-state index in [1.54, 1.807) is 0 Å². The molecule has 1 heterocycles. The summed E-state index contributed by atoms with van der Waals surface area (Å²) in [7, 11) is 1.39. The molecule has 0 aliphatic carbocycles. The predicted octanol–water partition coefficient (Wildman–Crippen LogP) is 4.01. The molecule has 0 aromatic heterocycles. The van der Waals surface area contributed by atoms with Crippen molar-refractivity contribution in [2.24, 2.45) is 0 Å². The Morgan fingerprint density at radius 2 is 2.00 bits per heavy atom. The Morgan fingerprint density at radius 3 is 2.65 bits per heavy atom. The monoisotopic (exact) mass is 362 g/mol. The molecule has 0 N–H and O–H groups in total. The van der Waals surface area contributed by atoms with Gasteiger partial charge >= 0.3 is 5.97 Å². The smallest absolute Gasteiger partial charge is 0.308 e. The fourth-order valence-electron chi connectivity index (χ4n) is 3.26. The molecule has 26 heavy (non-hydrogen) atoms. The average Bonchev–Trinajstić information content (AvgIpc) is 2.59. The van der Waals surface area contributed by atoms with Crippen LogP contribution in [0.4, 0.5) is 0 Å². The van der Waals surface area contributed by atoms with Gasteiger partial charge in [0.1, 0.15) is 0 Å². The maximum atomic E-state index is 11.6. The Balaban J connectivity index is 1.94. The zero-order chi connectivity index (χ0) is 19.0. The van der Waals surface area contributed by atoms with Crippen LogP contribution in [-0.2, 0) is 30.3 Å². The standard InChI is InChI=1S/C21H30O5/c1-5-9-17(24-15-16-10-7-6-8-11-16)12-18-13-19(14-20(22)23-4)26-21(2,3)25-18/h5-8,10-11,17-19H,1,9,12-15H2,2-4H3/t17-,18-,19+/m1/s1. The lowest BCUT2D eigenvalue weighted by Crippen LogP contribution is -2.46. The second kappa shape index (κ2) is 9.86. The van der Waals surface area contributed by atoms with Crippen molar-refractivity contribution in [3.63, 3.8) is 0 Å². The summed E-state index contributed by atoms with van der Waals surface area (Å²) in [6.07, 6.45) is 3.96. The van der Waals surface area contributed by atoms with Crippen molar-refractivity contribution in [3.8, 4) is 0 Å². The molecule has 1 fully saturated rings. The first kappa shape index (κ1) is 20.6. The molecule has 0 amide bonds. The summed E-state index contributed by atoms with van der Waals surface area (Å²) >= 11 is 0. The van der Waals surface area contributed by atoms with Gasteiger partial charge in [-0.2, -0.15) is 0 Å². The zero-order valence-electron chi connectivity index (χ0n) is 16.0. The van der Waals surface area contributed by atoms with Crippen LogP contribution >= 0.6 is 0 Å². The number of hydrogen-bond donors (Lipinski definition) is 0. The molecule has 0 bridgehead atoms. The number of esters is 1. The lowest BCUT2D eigenvalue weighted by molar-refractivity contribution is -0.303. The number of carbonyl (C=O) groups is 1. The minimum atomic E-state index is -0.736. The lowest BCUT2D eigenvalue weighted by Gasteiger charge is -2.41. The summed E-state index contributed by atoms with van der Waals surface area (Å²) in [6, 6.07) is 10.1. The van der Waals surface area contributed by atoms with Gasteiger partial charge in [-0.05, 0) is 25.8 Å². The van der Waals surface area contributed by atoms with E-state index in [1.165, 1.54) is 7.11 Å². The molecule has 0 saturated carbocycles. The summed E-state index contributed by atoms with van der Waals surface area (Å²) in [5.74, 6) is -1.01. The first-order valence-corrected chi connectivity index (χ1v) is 9.10. The second-order valence-electron chi connectivity index (χ2n) is 7.07. The van der Waals surface area contributed by atoms with Gasteiger partial charge in [-0.3, -0.25) is 4.79 Å². The molecular formula is C21H30O5. The van der Waals surface area contributed by atoms with E-state index < -0.39 is 5.79 Å². The molecule has 1 aromatic rings. The normalized spacial score (nSPS) is 23.2. The molecular weight excluding hydrogens is 332 g/mol. The fraction of sp³-hybridized carbons (Fsp3) is 0.571. The number of rotatable bonds is 9. The summed E-state index contributed by atoms with van der Waals surface area (Å²) in [5.41, 5.74) is 1.14. The SMILES string of the molecule is C=CC[C@H](C[C@@H]1C[C@@H](CC(=O)OC)OC(C)(C)O1)OCc1ccccc1. The molecule has 144 valence electrons. The third kappa shape index (κ3) is 6.90. The number of ether oxygens (including phenoxy) is 4. The van der Waals surface area contributed by atoms with Gasteiger partial charge in [0.15, 0.2) is 5.79 Å². The topological polar surface area (TPSA) is 54.0 Å². The van der Waals surface area contributed by atoms with Crippen LogP contribution in [-0.4, -0.2) is 37.2 Å². The van der Waals surface area contributed by atoms with E-state index in [-0.39, 0.29) is 30.7 Å². The number of methoxy groups -OCH3 is 1. The van der Waals surface area contributed by atoms with Crippen LogP contribution in [0.5, 0.6) is 0 Å². The summed E-state index contributed by atoms with van der Waals surface area (Å²) in [4.78, 5) is 11.6. The van der Waals surface area contributed by atoms with Crippen LogP contribution in [0.2, 0.25) is 0 Å².